The fourth-order valence-electron chi connectivity index (χ4n) is 2.40. The van der Waals surface area contributed by atoms with Crippen LogP contribution >= 0.6 is 23.2 Å². The second kappa shape index (κ2) is 8.00. The summed E-state index contributed by atoms with van der Waals surface area (Å²) in [5.74, 6) is 0. The standard InChI is InChI=1S/C17H23Cl2N3/c1-17(2,14-7-8-15(18)16(19)13-14)20-9-4-3-5-11-22-12-6-10-21-22/h6-8,10,12-13,20H,3-5,9,11H2,1-2H3. The number of benzene rings is 1. The van der Waals surface area contributed by atoms with Gasteiger partial charge in [-0.25, -0.2) is 0 Å². The van der Waals surface area contributed by atoms with Gasteiger partial charge in [-0.3, -0.25) is 4.68 Å². The summed E-state index contributed by atoms with van der Waals surface area (Å²) in [6, 6.07) is 7.78. The summed E-state index contributed by atoms with van der Waals surface area (Å²) in [5.41, 5.74) is 1.04. The number of nitrogens with one attached hydrogen (secondary N) is 1. The van der Waals surface area contributed by atoms with Crippen LogP contribution in [0, 0.1) is 0 Å². The monoisotopic (exact) mass is 339 g/mol. The van der Waals surface area contributed by atoms with Crippen LogP contribution in [0.15, 0.2) is 36.7 Å². The van der Waals surface area contributed by atoms with E-state index in [2.05, 4.69) is 24.3 Å². The largest absolute Gasteiger partial charge is 0.308 e. The lowest BCUT2D eigenvalue weighted by molar-refractivity contribution is 0.393. The molecule has 0 amide bonds. The number of aryl methyl sites for hydroxylation is 1. The highest BCUT2D eigenvalue weighted by Gasteiger charge is 2.20. The van der Waals surface area contributed by atoms with Gasteiger partial charge in [-0.2, -0.15) is 5.10 Å². The molecule has 0 radical (unpaired) electrons. The SMILES string of the molecule is CC(C)(NCCCCCn1cccn1)c1ccc(Cl)c(Cl)c1. The molecule has 5 heteroatoms. The van der Waals surface area contributed by atoms with E-state index in [-0.39, 0.29) is 5.54 Å². The molecule has 0 unspecified atom stereocenters. The van der Waals surface area contributed by atoms with Gasteiger partial charge in [-0.15, -0.1) is 0 Å². The normalized spacial score (nSPS) is 11.8. The van der Waals surface area contributed by atoms with Gasteiger partial charge in [-0.05, 0) is 57.0 Å². The quantitative estimate of drug-likeness (QED) is 0.694. The summed E-state index contributed by atoms with van der Waals surface area (Å²) in [6.45, 7) is 6.29. The highest BCUT2D eigenvalue weighted by Crippen LogP contribution is 2.28. The zero-order chi connectivity index (χ0) is 16.0. The highest BCUT2D eigenvalue weighted by molar-refractivity contribution is 6.42. The van der Waals surface area contributed by atoms with Crippen LogP contribution in [0.5, 0.6) is 0 Å². The first-order chi connectivity index (χ1) is 10.5. The summed E-state index contributed by atoms with van der Waals surface area (Å²) in [4.78, 5) is 0. The van der Waals surface area contributed by atoms with Gasteiger partial charge in [0.15, 0.2) is 0 Å². The van der Waals surface area contributed by atoms with E-state index in [0.717, 1.165) is 31.5 Å². The fraction of sp³-hybridized carbons (Fsp3) is 0.471. The van der Waals surface area contributed by atoms with Gasteiger partial charge >= 0.3 is 0 Å². The van der Waals surface area contributed by atoms with Crippen LogP contribution in [-0.2, 0) is 12.1 Å². The molecule has 3 nitrogen and oxygen atoms in total. The van der Waals surface area contributed by atoms with Crippen molar-refractivity contribution in [3.63, 3.8) is 0 Å². The van der Waals surface area contributed by atoms with E-state index in [1.54, 1.807) is 0 Å². The fourth-order valence-corrected chi connectivity index (χ4v) is 2.69. The summed E-state index contributed by atoms with van der Waals surface area (Å²) in [6.07, 6.45) is 7.31. The van der Waals surface area contributed by atoms with Gasteiger partial charge < -0.3 is 5.32 Å². The smallest absolute Gasteiger partial charge is 0.0595 e. The third-order valence-electron chi connectivity index (χ3n) is 3.83. The Hall–Kier alpha value is -1.03. The van der Waals surface area contributed by atoms with Crippen molar-refractivity contribution in [3.05, 3.63) is 52.3 Å². The van der Waals surface area contributed by atoms with E-state index >= 15 is 0 Å². The Bertz CT molecular complexity index is 580. The second-order valence-electron chi connectivity index (χ2n) is 6.01. The molecule has 1 aromatic carbocycles. The van der Waals surface area contributed by atoms with Crippen LogP contribution in [-0.4, -0.2) is 16.3 Å². The average Bonchev–Trinajstić information content (AvgIpc) is 2.98. The minimum Gasteiger partial charge on any atom is -0.308 e. The summed E-state index contributed by atoms with van der Waals surface area (Å²) in [7, 11) is 0. The number of halogens is 2. The highest BCUT2D eigenvalue weighted by atomic mass is 35.5. The molecule has 1 aromatic heterocycles. The van der Waals surface area contributed by atoms with Gasteiger partial charge in [0, 0.05) is 24.5 Å². The van der Waals surface area contributed by atoms with Gasteiger partial charge in [0.1, 0.15) is 0 Å². The molecule has 22 heavy (non-hydrogen) atoms. The summed E-state index contributed by atoms with van der Waals surface area (Å²) in [5, 5.41) is 9.00. The molecular weight excluding hydrogens is 317 g/mol. The van der Waals surface area contributed by atoms with Crippen LogP contribution in [0.3, 0.4) is 0 Å². The molecule has 120 valence electrons. The number of rotatable bonds is 8. The summed E-state index contributed by atoms with van der Waals surface area (Å²) < 4.78 is 1.98. The van der Waals surface area contributed by atoms with Gasteiger partial charge in [-0.1, -0.05) is 35.7 Å². The van der Waals surface area contributed by atoms with E-state index in [9.17, 15) is 0 Å². The zero-order valence-electron chi connectivity index (χ0n) is 13.1. The van der Waals surface area contributed by atoms with E-state index < -0.39 is 0 Å². The number of nitrogens with zero attached hydrogens (tertiary/aromatic N) is 2. The number of unbranched alkanes of at least 4 members (excludes halogenated alkanes) is 2. The maximum atomic E-state index is 6.10. The van der Waals surface area contributed by atoms with Crippen molar-refractivity contribution >= 4 is 23.2 Å². The second-order valence-corrected chi connectivity index (χ2v) is 6.82. The van der Waals surface area contributed by atoms with E-state index in [0.29, 0.717) is 10.0 Å². The minimum absolute atomic E-state index is 0.115. The molecule has 0 saturated carbocycles. The molecule has 0 aliphatic heterocycles. The van der Waals surface area contributed by atoms with Crippen LogP contribution in [0.25, 0.3) is 0 Å². The predicted octanol–water partition coefficient (Wildman–Crippen LogP) is 4.89. The van der Waals surface area contributed by atoms with Crippen LogP contribution in [0.1, 0.15) is 38.7 Å². The number of aromatic nitrogens is 2. The summed E-state index contributed by atoms with van der Waals surface area (Å²) >= 11 is 12.1. The molecule has 0 fully saturated rings. The van der Waals surface area contributed by atoms with E-state index in [1.807, 2.05) is 41.3 Å². The predicted molar refractivity (Wildman–Crippen MR) is 93.6 cm³/mol. The Balaban J connectivity index is 1.71. The molecule has 0 bridgehead atoms. The Morgan fingerprint density at radius 2 is 1.95 bits per heavy atom. The molecule has 0 spiro atoms. The van der Waals surface area contributed by atoms with Gasteiger partial charge in [0.2, 0.25) is 0 Å². The Morgan fingerprint density at radius 1 is 1.14 bits per heavy atom. The molecular formula is C17H23Cl2N3. The Morgan fingerprint density at radius 3 is 2.64 bits per heavy atom. The first-order valence-corrected chi connectivity index (χ1v) is 8.42. The van der Waals surface area contributed by atoms with Gasteiger partial charge in [0.05, 0.1) is 10.0 Å². The van der Waals surface area contributed by atoms with Crippen molar-refractivity contribution in [2.24, 2.45) is 0 Å². The molecule has 2 rings (SSSR count). The van der Waals surface area contributed by atoms with Crippen molar-refractivity contribution in [2.75, 3.05) is 6.54 Å². The van der Waals surface area contributed by atoms with Crippen LogP contribution in [0.4, 0.5) is 0 Å². The topological polar surface area (TPSA) is 29.9 Å². The lowest BCUT2D eigenvalue weighted by atomic mass is 9.94. The maximum Gasteiger partial charge on any atom is 0.0595 e. The minimum atomic E-state index is -0.115. The van der Waals surface area contributed by atoms with Gasteiger partial charge in [0.25, 0.3) is 0 Å². The molecule has 0 atom stereocenters. The van der Waals surface area contributed by atoms with E-state index in [1.165, 1.54) is 6.42 Å². The maximum absolute atomic E-state index is 6.10. The molecule has 0 saturated heterocycles. The first kappa shape index (κ1) is 17.3. The molecule has 0 aliphatic rings. The molecule has 1 N–H and O–H groups in total. The van der Waals surface area contributed by atoms with Crippen molar-refractivity contribution in [1.82, 2.24) is 15.1 Å². The average molecular weight is 340 g/mol. The van der Waals surface area contributed by atoms with Crippen LogP contribution < -0.4 is 5.32 Å². The lowest BCUT2D eigenvalue weighted by Crippen LogP contribution is -2.37. The van der Waals surface area contributed by atoms with Crippen molar-refractivity contribution in [2.45, 2.75) is 45.2 Å². The third-order valence-corrected chi connectivity index (χ3v) is 4.57. The lowest BCUT2D eigenvalue weighted by Gasteiger charge is -2.27. The van der Waals surface area contributed by atoms with Crippen molar-refractivity contribution in [1.29, 1.82) is 0 Å². The number of hydrogen-bond acceptors (Lipinski definition) is 2. The first-order valence-electron chi connectivity index (χ1n) is 7.67. The van der Waals surface area contributed by atoms with E-state index in [4.69, 9.17) is 23.2 Å². The molecule has 1 heterocycles. The van der Waals surface area contributed by atoms with Crippen molar-refractivity contribution in [3.8, 4) is 0 Å². The number of hydrogen-bond donors (Lipinski definition) is 1. The zero-order valence-corrected chi connectivity index (χ0v) is 14.7. The van der Waals surface area contributed by atoms with Crippen LogP contribution in [0.2, 0.25) is 10.0 Å². The Labute approximate surface area is 142 Å². The Kier molecular flexibility index (Phi) is 6.30. The van der Waals surface area contributed by atoms with Crippen molar-refractivity contribution < 1.29 is 0 Å². The molecule has 2 aromatic rings. The third kappa shape index (κ3) is 5.01. The molecule has 0 aliphatic carbocycles.